The third-order valence-electron chi connectivity index (χ3n) is 5.94. The molecule has 2 N–H and O–H groups in total. The molecule has 1 aliphatic carbocycles. The predicted octanol–water partition coefficient (Wildman–Crippen LogP) is 4.77. The van der Waals surface area contributed by atoms with Gasteiger partial charge in [-0.3, -0.25) is 14.9 Å². The van der Waals surface area contributed by atoms with E-state index < -0.39 is 30.1 Å². The SMILES string of the molecule is CC(C)(C)N(CC(=O)O)C(=O)c1ncccc1NC(=O)OCC1c2ccccc2-c2ccccc21. The molecule has 4 rings (SSSR count). The van der Waals surface area contributed by atoms with Crippen LogP contribution in [-0.2, 0) is 9.53 Å². The van der Waals surface area contributed by atoms with Gasteiger partial charge in [0, 0.05) is 17.7 Å². The lowest BCUT2D eigenvalue weighted by Gasteiger charge is -2.34. The molecule has 1 aromatic heterocycles. The minimum Gasteiger partial charge on any atom is -0.480 e. The first kappa shape index (κ1) is 23.9. The fourth-order valence-electron chi connectivity index (χ4n) is 4.30. The molecule has 3 aromatic rings. The molecular weight excluding hydrogens is 446 g/mol. The maximum Gasteiger partial charge on any atom is 0.411 e. The van der Waals surface area contributed by atoms with E-state index in [1.807, 2.05) is 36.4 Å². The van der Waals surface area contributed by atoms with Crippen molar-refractivity contribution < 1.29 is 24.2 Å². The van der Waals surface area contributed by atoms with Crippen molar-refractivity contribution in [2.45, 2.75) is 32.2 Å². The molecule has 0 unspecified atom stereocenters. The summed E-state index contributed by atoms with van der Waals surface area (Å²) in [7, 11) is 0. The Kier molecular flexibility index (Phi) is 6.55. The second kappa shape index (κ2) is 9.58. The lowest BCUT2D eigenvalue weighted by atomic mass is 9.98. The van der Waals surface area contributed by atoms with E-state index in [1.165, 1.54) is 17.2 Å². The quantitative estimate of drug-likeness (QED) is 0.534. The van der Waals surface area contributed by atoms with Gasteiger partial charge in [-0.2, -0.15) is 0 Å². The Bertz CT molecular complexity index is 1240. The molecule has 0 aliphatic heterocycles. The molecule has 2 amide bonds. The first-order valence-corrected chi connectivity index (χ1v) is 11.3. The van der Waals surface area contributed by atoms with Gasteiger partial charge in [-0.05, 0) is 55.2 Å². The number of anilines is 1. The summed E-state index contributed by atoms with van der Waals surface area (Å²) in [6.07, 6.45) is 0.687. The molecule has 0 atom stereocenters. The van der Waals surface area contributed by atoms with E-state index in [0.717, 1.165) is 22.3 Å². The number of amides is 2. The molecule has 2 aromatic carbocycles. The van der Waals surface area contributed by atoms with Gasteiger partial charge in [0.2, 0.25) is 0 Å². The van der Waals surface area contributed by atoms with E-state index in [1.54, 1.807) is 26.8 Å². The summed E-state index contributed by atoms with van der Waals surface area (Å²) in [5.41, 5.74) is 3.75. The number of nitrogens with one attached hydrogen (secondary N) is 1. The number of ether oxygens (including phenoxy) is 1. The Labute approximate surface area is 203 Å². The number of aromatic nitrogens is 1. The molecule has 1 heterocycles. The standard InChI is InChI=1S/C27H27N3O5/c1-27(2,3)30(15-23(31)32)25(33)24-22(13-8-14-28-24)29-26(34)35-16-21-19-11-6-4-9-17(19)18-10-5-7-12-20(18)21/h4-14,21H,15-16H2,1-3H3,(H,29,34)(H,31,32). The van der Waals surface area contributed by atoms with Gasteiger partial charge in [0.25, 0.3) is 5.91 Å². The molecule has 0 spiro atoms. The number of carbonyl (C=O) groups is 3. The van der Waals surface area contributed by atoms with Crippen LogP contribution in [0, 0.1) is 0 Å². The number of hydrogen-bond acceptors (Lipinski definition) is 5. The number of rotatable bonds is 6. The first-order valence-electron chi connectivity index (χ1n) is 11.3. The van der Waals surface area contributed by atoms with Crippen LogP contribution in [0.5, 0.6) is 0 Å². The van der Waals surface area contributed by atoms with Gasteiger partial charge in [0.1, 0.15) is 13.2 Å². The van der Waals surface area contributed by atoms with Crippen LogP contribution >= 0.6 is 0 Å². The van der Waals surface area contributed by atoms with Gasteiger partial charge in [-0.1, -0.05) is 48.5 Å². The van der Waals surface area contributed by atoms with Crippen molar-refractivity contribution in [2.75, 3.05) is 18.5 Å². The van der Waals surface area contributed by atoms with E-state index in [9.17, 15) is 19.5 Å². The number of hydrogen-bond donors (Lipinski definition) is 2. The van der Waals surface area contributed by atoms with Gasteiger partial charge in [-0.15, -0.1) is 0 Å². The van der Waals surface area contributed by atoms with E-state index in [0.29, 0.717) is 0 Å². The van der Waals surface area contributed by atoms with Gasteiger partial charge in [0.05, 0.1) is 5.69 Å². The third-order valence-corrected chi connectivity index (χ3v) is 5.94. The molecule has 0 saturated carbocycles. The third kappa shape index (κ3) is 5.01. The summed E-state index contributed by atoms with van der Waals surface area (Å²) < 4.78 is 5.57. The van der Waals surface area contributed by atoms with Crippen molar-refractivity contribution in [1.82, 2.24) is 9.88 Å². The zero-order valence-corrected chi connectivity index (χ0v) is 19.8. The Morgan fingerprint density at radius 2 is 1.57 bits per heavy atom. The normalized spacial score (nSPS) is 12.4. The molecule has 1 aliphatic rings. The van der Waals surface area contributed by atoms with Gasteiger partial charge in [0.15, 0.2) is 5.69 Å². The molecule has 0 bridgehead atoms. The highest BCUT2D eigenvalue weighted by atomic mass is 16.5. The topological polar surface area (TPSA) is 109 Å². The van der Waals surface area contributed by atoms with Crippen LogP contribution in [0.2, 0.25) is 0 Å². The van der Waals surface area contributed by atoms with Gasteiger partial charge < -0.3 is 14.7 Å². The second-order valence-corrected chi connectivity index (χ2v) is 9.31. The average Bonchev–Trinajstić information content (AvgIpc) is 3.14. The average molecular weight is 474 g/mol. The lowest BCUT2D eigenvalue weighted by Crippen LogP contribution is -2.48. The summed E-state index contributed by atoms with van der Waals surface area (Å²) in [5.74, 6) is -1.85. The summed E-state index contributed by atoms with van der Waals surface area (Å²) in [6.45, 7) is 4.82. The Morgan fingerprint density at radius 3 is 2.14 bits per heavy atom. The zero-order valence-electron chi connectivity index (χ0n) is 19.8. The minimum absolute atomic E-state index is 0.0582. The Hall–Kier alpha value is -4.20. The number of aliphatic carboxylic acids is 1. The van der Waals surface area contributed by atoms with Gasteiger partial charge >= 0.3 is 12.1 Å². The largest absolute Gasteiger partial charge is 0.480 e. The van der Waals surface area contributed by atoms with E-state index in [2.05, 4.69) is 22.4 Å². The van der Waals surface area contributed by atoms with Crippen molar-refractivity contribution in [3.63, 3.8) is 0 Å². The highest BCUT2D eigenvalue weighted by Crippen LogP contribution is 2.44. The molecule has 0 saturated heterocycles. The van der Waals surface area contributed by atoms with E-state index in [4.69, 9.17) is 4.74 Å². The van der Waals surface area contributed by atoms with Gasteiger partial charge in [-0.25, -0.2) is 9.78 Å². The van der Waals surface area contributed by atoms with E-state index in [-0.39, 0.29) is 23.9 Å². The summed E-state index contributed by atoms with van der Waals surface area (Å²) in [4.78, 5) is 42.6. The van der Waals surface area contributed by atoms with Crippen molar-refractivity contribution in [3.8, 4) is 11.1 Å². The Morgan fingerprint density at radius 1 is 0.971 bits per heavy atom. The monoisotopic (exact) mass is 473 g/mol. The van der Waals surface area contributed by atoms with Crippen molar-refractivity contribution in [2.24, 2.45) is 0 Å². The summed E-state index contributed by atoms with van der Waals surface area (Å²) in [5, 5.41) is 11.9. The second-order valence-electron chi connectivity index (χ2n) is 9.31. The van der Waals surface area contributed by atoms with Crippen molar-refractivity contribution in [3.05, 3.63) is 83.7 Å². The summed E-state index contributed by atoms with van der Waals surface area (Å²) >= 11 is 0. The number of carbonyl (C=O) groups excluding carboxylic acids is 2. The smallest absolute Gasteiger partial charge is 0.411 e. The number of nitrogens with zero attached hydrogens (tertiary/aromatic N) is 2. The van der Waals surface area contributed by atoms with Crippen LogP contribution in [0.15, 0.2) is 66.9 Å². The van der Waals surface area contributed by atoms with Crippen LogP contribution in [0.4, 0.5) is 10.5 Å². The fraction of sp³-hybridized carbons (Fsp3) is 0.259. The Balaban J connectivity index is 1.50. The molecule has 180 valence electrons. The molecule has 8 nitrogen and oxygen atoms in total. The van der Waals surface area contributed by atoms with Crippen LogP contribution < -0.4 is 5.32 Å². The number of fused-ring (bicyclic) bond motifs is 3. The molecular formula is C27H27N3O5. The maximum absolute atomic E-state index is 13.2. The maximum atomic E-state index is 13.2. The van der Waals surface area contributed by atoms with E-state index >= 15 is 0 Å². The van der Waals surface area contributed by atoms with Crippen molar-refractivity contribution >= 4 is 23.7 Å². The van der Waals surface area contributed by atoms with Crippen LogP contribution in [0.1, 0.15) is 48.3 Å². The number of benzene rings is 2. The molecule has 8 heteroatoms. The van der Waals surface area contributed by atoms with Crippen LogP contribution in [-0.4, -0.2) is 51.7 Å². The highest BCUT2D eigenvalue weighted by molar-refractivity contribution is 6.02. The molecule has 0 fully saturated rings. The molecule has 0 radical (unpaired) electrons. The van der Waals surface area contributed by atoms with Crippen molar-refractivity contribution in [1.29, 1.82) is 0 Å². The zero-order chi connectivity index (χ0) is 25.2. The first-order chi connectivity index (χ1) is 16.7. The predicted molar refractivity (Wildman–Crippen MR) is 131 cm³/mol. The highest BCUT2D eigenvalue weighted by Gasteiger charge is 2.32. The van der Waals surface area contributed by atoms with Crippen LogP contribution in [0.3, 0.4) is 0 Å². The van der Waals surface area contributed by atoms with Crippen LogP contribution in [0.25, 0.3) is 11.1 Å². The number of carboxylic acid groups (broad SMARTS) is 1. The minimum atomic E-state index is -1.14. The fourth-order valence-corrected chi connectivity index (χ4v) is 4.30. The summed E-state index contributed by atoms with van der Waals surface area (Å²) in [6, 6.07) is 19.2. The lowest BCUT2D eigenvalue weighted by molar-refractivity contribution is -0.138. The number of carboxylic acids is 1. The molecule has 35 heavy (non-hydrogen) atoms. The number of pyridine rings is 1.